The number of anilines is 1. The van der Waals surface area contributed by atoms with Crippen LogP contribution in [0.5, 0.6) is 5.75 Å². The Hall–Kier alpha value is -2.28. The second-order valence-corrected chi connectivity index (χ2v) is 6.11. The van der Waals surface area contributed by atoms with Crippen molar-refractivity contribution in [1.29, 1.82) is 0 Å². The molecule has 0 spiro atoms. The van der Waals surface area contributed by atoms with Gasteiger partial charge in [0, 0.05) is 12.2 Å². The molecule has 0 bridgehead atoms. The van der Waals surface area contributed by atoms with Gasteiger partial charge >= 0.3 is 5.97 Å². The normalized spacial score (nSPS) is 13.3. The van der Waals surface area contributed by atoms with E-state index in [-0.39, 0.29) is 18.3 Å². The number of carbonyl (C=O) groups excluding carboxylic acids is 2. The molecule has 2 heterocycles. The first kappa shape index (κ1) is 16.6. The minimum atomic E-state index is -0.666. The van der Waals surface area contributed by atoms with E-state index in [9.17, 15) is 9.59 Å². The molecule has 0 unspecified atom stereocenters. The van der Waals surface area contributed by atoms with E-state index < -0.39 is 5.97 Å². The lowest BCUT2D eigenvalue weighted by molar-refractivity contribution is -0.121. The standard InChI is InChI=1S/C17H16BrNO5/c1-22-12-4-5-13-11(9-12)3-2-8-19(13)16(20)10-23-17(21)14-6-7-15(18)24-14/h4-7,9H,2-3,8,10H2,1H3. The van der Waals surface area contributed by atoms with Gasteiger partial charge in [0.1, 0.15) is 5.75 Å². The molecule has 126 valence electrons. The number of fused-ring (bicyclic) bond motifs is 1. The summed E-state index contributed by atoms with van der Waals surface area (Å²) < 4.78 is 15.8. The number of carbonyl (C=O) groups is 2. The molecule has 0 saturated heterocycles. The number of aryl methyl sites for hydroxylation is 1. The molecular formula is C17H16BrNO5. The number of ether oxygens (including phenoxy) is 2. The van der Waals surface area contributed by atoms with E-state index in [1.807, 2.05) is 18.2 Å². The van der Waals surface area contributed by atoms with Gasteiger partial charge in [-0.05, 0) is 64.7 Å². The highest BCUT2D eigenvalue weighted by Crippen LogP contribution is 2.30. The van der Waals surface area contributed by atoms with E-state index in [2.05, 4.69) is 15.9 Å². The first-order chi connectivity index (χ1) is 11.6. The van der Waals surface area contributed by atoms with Crippen LogP contribution in [-0.4, -0.2) is 32.1 Å². The summed E-state index contributed by atoms with van der Waals surface area (Å²) in [6.45, 7) is 0.268. The van der Waals surface area contributed by atoms with Gasteiger partial charge < -0.3 is 18.8 Å². The smallest absolute Gasteiger partial charge is 0.374 e. The molecule has 0 N–H and O–H groups in total. The van der Waals surface area contributed by atoms with Crippen LogP contribution in [0.2, 0.25) is 0 Å². The number of rotatable bonds is 4. The number of esters is 1. The van der Waals surface area contributed by atoms with Gasteiger partial charge in [0.15, 0.2) is 11.3 Å². The van der Waals surface area contributed by atoms with Crippen LogP contribution in [0.25, 0.3) is 0 Å². The van der Waals surface area contributed by atoms with Crippen molar-refractivity contribution < 1.29 is 23.5 Å². The van der Waals surface area contributed by atoms with E-state index in [1.165, 1.54) is 6.07 Å². The van der Waals surface area contributed by atoms with Gasteiger partial charge in [-0.2, -0.15) is 0 Å². The van der Waals surface area contributed by atoms with Gasteiger partial charge in [-0.15, -0.1) is 0 Å². The third-order valence-electron chi connectivity index (χ3n) is 3.81. The third-order valence-corrected chi connectivity index (χ3v) is 4.23. The lowest BCUT2D eigenvalue weighted by Gasteiger charge is -2.29. The molecule has 0 fully saturated rings. The predicted molar refractivity (Wildman–Crippen MR) is 90.4 cm³/mol. The Morgan fingerprint density at radius 1 is 1.29 bits per heavy atom. The molecule has 7 heteroatoms. The fourth-order valence-electron chi connectivity index (χ4n) is 2.66. The summed E-state index contributed by atoms with van der Waals surface area (Å²) in [5, 5.41) is 0. The fraction of sp³-hybridized carbons (Fsp3) is 0.294. The molecular weight excluding hydrogens is 378 g/mol. The summed E-state index contributed by atoms with van der Waals surface area (Å²) in [6, 6.07) is 8.68. The van der Waals surface area contributed by atoms with Gasteiger partial charge in [-0.1, -0.05) is 0 Å². The molecule has 2 aromatic rings. The zero-order valence-electron chi connectivity index (χ0n) is 13.1. The Morgan fingerprint density at radius 2 is 2.12 bits per heavy atom. The average Bonchev–Trinajstić information content (AvgIpc) is 3.04. The van der Waals surface area contributed by atoms with Crippen LogP contribution in [0.15, 0.2) is 39.4 Å². The predicted octanol–water partition coefficient (Wildman–Crippen LogP) is 3.19. The van der Waals surface area contributed by atoms with Crippen molar-refractivity contribution in [3.63, 3.8) is 0 Å². The topological polar surface area (TPSA) is 69.0 Å². The Morgan fingerprint density at radius 3 is 2.83 bits per heavy atom. The molecule has 1 amide bonds. The average molecular weight is 394 g/mol. The van der Waals surface area contributed by atoms with Gasteiger partial charge in [0.2, 0.25) is 5.76 Å². The highest BCUT2D eigenvalue weighted by Gasteiger charge is 2.24. The van der Waals surface area contributed by atoms with Crippen LogP contribution in [0.1, 0.15) is 22.5 Å². The van der Waals surface area contributed by atoms with Crippen molar-refractivity contribution in [2.24, 2.45) is 0 Å². The second kappa shape index (κ2) is 7.09. The Kier molecular flexibility index (Phi) is 4.89. The fourth-order valence-corrected chi connectivity index (χ4v) is 2.97. The Balaban J connectivity index is 1.67. The van der Waals surface area contributed by atoms with Gasteiger partial charge in [0.05, 0.1) is 7.11 Å². The van der Waals surface area contributed by atoms with Crippen molar-refractivity contribution in [2.75, 3.05) is 25.2 Å². The number of methoxy groups -OCH3 is 1. The monoisotopic (exact) mass is 393 g/mol. The van der Waals surface area contributed by atoms with Crippen LogP contribution in [0.3, 0.4) is 0 Å². The molecule has 1 aliphatic rings. The summed E-state index contributed by atoms with van der Waals surface area (Å²) in [6.07, 6.45) is 1.74. The number of hydrogen-bond acceptors (Lipinski definition) is 5. The molecule has 0 saturated carbocycles. The van der Waals surface area contributed by atoms with E-state index in [0.717, 1.165) is 29.8 Å². The lowest BCUT2D eigenvalue weighted by Crippen LogP contribution is -2.38. The lowest BCUT2D eigenvalue weighted by atomic mass is 10.0. The van der Waals surface area contributed by atoms with E-state index in [1.54, 1.807) is 18.1 Å². The van der Waals surface area contributed by atoms with Crippen LogP contribution >= 0.6 is 15.9 Å². The van der Waals surface area contributed by atoms with E-state index >= 15 is 0 Å². The SMILES string of the molecule is COc1ccc2c(c1)CCCN2C(=O)COC(=O)c1ccc(Br)o1. The number of amides is 1. The van der Waals surface area contributed by atoms with Crippen molar-refractivity contribution >= 4 is 33.5 Å². The number of halogens is 1. The summed E-state index contributed by atoms with van der Waals surface area (Å²) in [7, 11) is 1.61. The largest absolute Gasteiger partial charge is 0.497 e. The highest BCUT2D eigenvalue weighted by atomic mass is 79.9. The quantitative estimate of drug-likeness (QED) is 0.746. The van der Waals surface area contributed by atoms with Crippen LogP contribution < -0.4 is 9.64 Å². The first-order valence-corrected chi connectivity index (χ1v) is 8.27. The molecule has 0 atom stereocenters. The minimum Gasteiger partial charge on any atom is -0.497 e. The molecule has 24 heavy (non-hydrogen) atoms. The molecule has 1 aromatic carbocycles. The minimum absolute atomic E-state index is 0.0541. The summed E-state index contributed by atoms with van der Waals surface area (Å²) in [4.78, 5) is 25.9. The van der Waals surface area contributed by atoms with E-state index in [4.69, 9.17) is 13.9 Å². The zero-order chi connectivity index (χ0) is 17.1. The third kappa shape index (κ3) is 3.46. The number of hydrogen-bond donors (Lipinski definition) is 0. The first-order valence-electron chi connectivity index (χ1n) is 7.48. The number of nitrogens with zero attached hydrogens (tertiary/aromatic N) is 1. The van der Waals surface area contributed by atoms with Crippen molar-refractivity contribution in [3.05, 3.63) is 46.3 Å². The van der Waals surface area contributed by atoms with Crippen LogP contribution in [0, 0.1) is 0 Å². The number of furan rings is 1. The second-order valence-electron chi connectivity index (χ2n) is 5.32. The summed E-state index contributed by atoms with van der Waals surface area (Å²) in [5.74, 6) is -0.113. The summed E-state index contributed by atoms with van der Waals surface area (Å²) in [5.41, 5.74) is 1.89. The molecule has 0 radical (unpaired) electrons. The molecule has 6 nitrogen and oxygen atoms in total. The molecule has 0 aliphatic carbocycles. The molecule has 3 rings (SSSR count). The zero-order valence-corrected chi connectivity index (χ0v) is 14.7. The molecule has 1 aliphatic heterocycles. The van der Waals surface area contributed by atoms with Crippen LogP contribution in [-0.2, 0) is 16.0 Å². The van der Waals surface area contributed by atoms with Crippen molar-refractivity contribution in [3.8, 4) is 5.75 Å². The molecule has 1 aromatic heterocycles. The maximum atomic E-state index is 12.4. The Bertz CT molecular complexity index is 770. The van der Waals surface area contributed by atoms with Crippen LogP contribution in [0.4, 0.5) is 5.69 Å². The van der Waals surface area contributed by atoms with Gasteiger partial charge in [-0.3, -0.25) is 4.79 Å². The maximum Gasteiger partial charge on any atom is 0.374 e. The summed E-state index contributed by atoms with van der Waals surface area (Å²) >= 11 is 3.11. The maximum absolute atomic E-state index is 12.4. The van der Waals surface area contributed by atoms with Gasteiger partial charge in [0.25, 0.3) is 5.91 Å². The van der Waals surface area contributed by atoms with Crippen molar-refractivity contribution in [1.82, 2.24) is 0 Å². The Labute approximate surface area is 147 Å². The van der Waals surface area contributed by atoms with Gasteiger partial charge in [-0.25, -0.2) is 4.79 Å². The highest BCUT2D eigenvalue weighted by molar-refractivity contribution is 9.10. The van der Waals surface area contributed by atoms with E-state index in [0.29, 0.717) is 11.2 Å². The number of benzene rings is 1. The van der Waals surface area contributed by atoms with Crippen molar-refractivity contribution in [2.45, 2.75) is 12.8 Å².